The van der Waals surface area contributed by atoms with Crippen molar-refractivity contribution >= 4 is 29.2 Å². The molecule has 1 fully saturated rings. The van der Waals surface area contributed by atoms with E-state index >= 15 is 0 Å². The van der Waals surface area contributed by atoms with Crippen LogP contribution in [0.5, 0.6) is 5.75 Å². The number of hydrogen-bond donors (Lipinski definition) is 0. The zero-order valence-corrected chi connectivity index (χ0v) is 14.9. The molecule has 0 aliphatic carbocycles. The highest BCUT2D eigenvalue weighted by molar-refractivity contribution is 6.30. The molecule has 0 saturated carbocycles. The van der Waals surface area contributed by atoms with Gasteiger partial charge >= 0.3 is 5.97 Å². The topological polar surface area (TPSA) is 65.1 Å². The molecule has 2 heterocycles. The Hall–Kier alpha value is -2.57. The molecule has 7 heteroatoms. The number of ether oxygens (including phenoxy) is 1. The third-order valence-corrected chi connectivity index (χ3v) is 5.16. The van der Waals surface area contributed by atoms with Crippen molar-refractivity contribution in [3.05, 3.63) is 58.6 Å². The van der Waals surface area contributed by atoms with Crippen molar-refractivity contribution in [2.75, 3.05) is 12.0 Å². The SMILES string of the molecule is COc1ccc2c(c1)[C@H]1CC(=O)OO[C@@]1(C)N2C(=O)c1ccc(Cl)cc1. The van der Waals surface area contributed by atoms with Gasteiger partial charge < -0.3 is 4.74 Å². The molecule has 0 radical (unpaired) electrons. The van der Waals surface area contributed by atoms with Crippen molar-refractivity contribution < 1.29 is 24.1 Å². The van der Waals surface area contributed by atoms with E-state index < -0.39 is 11.7 Å². The number of benzene rings is 2. The molecule has 1 amide bonds. The van der Waals surface area contributed by atoms with Crippen LogP contribution in [0.15, 0.2) is 42.5 Å². The number of halogens is 1. The van der Waals surface area contributed by atoms with E-state index in [1.165, 1.54) is 4.90 Å². The number of methoxy groups -OCH3 is 1. The lowest BCUT2D eigenvalue weighted by Gasteiger charge is -2.39. The van der Waals surface area contributed by atoms with Crippen LogP contribution in [0, 0.1) is 0 Å². The highest BCUT2D eigenvalue weighted by atomic mass is 35.5. The molecule has 2 aliphatic heterocycles. The first kappa shape index (κ1) is 16.9. The zero-order valence-electron chi connectivity index (χ0n) is 14.2. The van der Waals surface area contributed by atoms with Gasteiger partial charge in [0.1, 0.15) is 5.75 Å². The third-order valence-electron chi connectivity index (χ3n) is 4.91. The number of carbonyl (C=O) groups excluding carboxylic acids is 2. The van der Waals surface area contributed by atoms with Gasteiger partial charge in [-0.2, -0.15) is 4.89 Å². The Bertz CT molecular complexity index is 897. The summed E-state index contributed by atoms with van der Waals surface area (Å²) in [6, 6.07) is 12.0. The first-order valence-corrected chi connectivity index (χ1v) is 8.48. The largest absolute Gasteiger partial charge is 0.497 e. The van der Waals surface area contributed by atoms with Gasteiger partial charge in [0.25, 0.3) is 5.91 Å². The summed E-state index contributed by atoms with van der Waals surface area (Å²) in [5.74, 6) is -0.450. The van der Waals surface area contributed by atoms with Crippen molar-refractivity contribution in [2.24, 2.45) is 0 Å². The van der Waals surface area contributed by atoms with E-state index in [0.29, 0.717) is 22.0 Å². The minimum atomic E-state index is -1.14. The number of carbonyl (C=O) groups is 2. The standard InChI is InChI=1S/C19H16ClNO5/c1-19-15(10-17(22)25-26-19)14-9-13(24-2)7-8-16(14)21(19)18(23)11-3-5-12(20)6-4-11/h3-9,15H,10H2,1-2H3/t15-,19-/m1/s1. The minimum Gasteiger partial charge on any atom is -0.497 e. The quantitative estimate of drug-likeness (QED) is 0.751. The van der Waals surface area contributed by atoms with Gasteiger partial charge in [-0.3, -0.25) is 14.6 Å². The van der Waals surface area contributed by atoms with Crippen molar-refractivity contribution in [1.82, 2.24) is 0 Å². The van der Waals surface area contributed by atoms with Crippen molar-refractivity contribution in [3.63, 3.8) is 0 Å². The molecule has 134 valence electrons. The van der Waals surface area contributed by atoms with Crippen molar-refractivity contribution in [1.29, 1.82) is 0 Å². The van der Waals surface area contributed by atoms with Crippen molar-refractivity contribution in [3.8, 4) is 5.75 Å². The number of nitrogens with zero attached hydrogens (tertiary/aromatic N) is 1. The average molecular weight is 374 g/mol. The van der Waals surface area contributed by atoms with Gasteiger partial charge in [0.05, 0.1) is 19.2 Å². The monoisotopic (exact) mass is 373 g/mol. The summed E-state index contributed by atoms with van der Waals surface area (Å²) in [5, 5.41) is 0.542. The number of anilines is 1. The predicted molar refractivity (Wildman–Crippen MR) is 94.2 cm³/mol. The Morgan fingerprint density at radius 3 is 2.69 bits per heavy atom. The van der Waals surface area contributed by atoms with Crippen LogP contribution in [-0.2, 0) is 14.6 Å². The van der Waals surface area contributed by atoms with Crippen LogP contribution in [0.1, 0.15) is 35.2 Å². The molecular weight excluding hydrogens is 358 g/mol. The van der Waals surface area contributed by atoms with Gasteiger partial charge in [-0.1, -0.05) is 11.6 Å². The maximum atomic E-state index is 13.2. The molecule has 6 nitrogen and oxygen atoms in total. The summed E-state index contributed by atoms with van der Waals surface area (Å²) in [6.07, 6.45) is 0.112. The maximum absolute atomic E-state index is 13.2. The Morgan fingerprint density at radius 2 is 2.00 bits per heavy atom. The van der Waals surface area contributed by atoms with E-state index in [1.807, 2.05) is 6.07 Å². The summed E-state index contributed by atoms with van der Waals surface area (Å²) in [7, 11) is 1.57. The molecular formula is C19H16ClNO5. The van der Waals surface area contributed by atoms with E-state index in [4.69, 9.17) is 26.1 Å². The van der Waals surface area contributed by atoms with E-state index in [9.17, 15) is 9.59 Å². The van der Waals surface area contributed by atoms with Crippen LogP contribution in [0.4, 0.5) is 5.69 Å². The van der Waals surface area contributed by atoms with Crippen LogP contribution in [0.2, 0.25) is 5.02 Å². The van der Waals surface area contributed by atoms with Gasteiger partial charge in [-0.25, -0.2) is 4.79 Å². The fraction of sp³-hybridized carbons (Fsp3) is 0.263. The van der Waals surface area contributed by atoms with Crippen LogP contribution in [0.25, 0.3) is 0 Å². The molecule has 2 aliphatic rings. The van der Waals surface area contributed by atoms with Crippen molar-refractivity contribution in [2.45, 2.75) is 25.0 Å². The fourth-order valence-electron chi connectivity index (χ4n) is 3.58. The Kier molecular flexibility index (Phi) is 3.89. The summed E-state index contributed by atoms with van der Waals surface area (Å²) >= 11 is 5.92. The normalized spacial score (nSPS) is 23.9. The lowest BCUT2D eigenvalue weighted by Crippen LogP contribution is -2.54. The second kappa shape index (κ2) is 6.00. The maximum Gasteiger partial charge on any atom is 0.343 e. The number of rotatable bonds is 2. The molecule has 2 aromatic rings. The van der Waals surface area contributed by atoms with Crippen LogP contribution in [0.3, 0.4) is 0 Å². The smallest absolute Gasteiger partial charge is 0.343 e. The summed E-state index contributed by atoms with van der Waals surface area (Å²) in [4.78, 5) is 36.8. The van der Waals surface area contributed by atoms with Gasteiger partial charge in [-0.15, -0.1) is 0 Å². The molecule has 2 aromatic carbocycles. The average Bonchev–Trinajstić information content (AvgIpc) is 2.89. The molecule has 4 rings (SSSR count). The second-order valence-electron chi connectivity index (χ2n) is 6.42. The molecule has 1 saturated heterocycles. The van der Waals surface area contributed by atoms with Gasteiger partial charge in [-0.05, 0) is 55.0 Å². The lowest BCUT2D eigenvalue weighted by molar-refractivity contribution is -0.346. The van der Waals surface area contributed by atoms with E-state index in [-0.39, 0.29) is 18.2 Å². The highest BCUT2D eigenvalue weighted by Crippen LogP contribution is 2.53. The Labute approximate surface area is 155 Å². The van der Waals surface area contributed by atoms with Gasteiger partial charge in [0, 0.05) is 16.5 Å². The lowest BCUT2D eigenvalue weighted by atomic mass is 9.89. The predicted octanol–water partition coefficient (Wildman–Crippen LogP) is 3.69. The Morgan fingerprint density at radius 1 is 1.27 bits per heavy atom. The summed E-state index contributed by atoms with van der Waals surface area (Å²) in [6.45, 7) is 1.74. The minimum absolute atomic E-state index is 0.112. The van der Waals surface area contributed by atoms with E-state index in [0.717, 1.165) is 5.56 Å². The molecule has 0 aromatic heterocycles. The molecule has 0 unspecified atom stereocenters. The zero-order chi connectivity index (χ0) is 18.5. The molecule has 0 bridgehead atoms. The Balaban J connectivity index is 1.84. The van der Waals surface area contributed by atoms with Crippen LogP contribution < -0.4 is 9.64 Å². The first-order chi connectivity index (χ1) is 12.4. The molecule has 0 spiro atoms. The summed E-state index contributed by atoms with van der Waals surface area (Å²) < 4.78 is 5.30. The molecule has 2 atom stereocenters. The second-order valence-corrected chi connectivity index (χ2v) is 6.86. The highest BCUT2D eigenvalue weighted by Gasteiger charge is 2.57. The van der Waals surface area contributed by atoms with E-state index in [1.54, 1.807) is 50.4 Å². The van der Waals surface area contributed by atoms with Gasteiger partial charge in [0.15, 0.2) is 5.72 Å². The van der Waals surface area contributed by atoms with Gasteiger partial charge in [0.2, 0.25) is 0 Å². The molecule has 0 N–H and O–H groups in total. The molecule has 26 heavy (non-hydrogen) atoms. The number of amides is 1. The van der Waals surface area contributed by atoms with Crippen LogP contribution >= 0.6 is 11.6 Å². The summed E-state index contributed by atoms with van der Waals surface area (Å²) in [5.41, 5.74) is 0.792. The van der Waals surface area contributed by atoms with E-state index in [2.05, 4.69) is 0 Å². The van der Waals surface area contributed by atoms with Crippen LogP contribution in [-0.4, -0.2) is 24.7 Å². The third kappa shape index (κ3) is 2.45. The first-order valence-electron chi connectivity index (χ1n) is 8.10. The number of hydrogen-bond acceptors (Lipinski definition) is 5. The fourth-order valence-corrected chi connectivity index (χ4v) is 3.71. The number of fused-ring (bicyclic) bond motifs is 3.